The molecule has 0 N–H and O–H groups in total. The van der Waals surface area contributed by atoms with Gasteiger partial charge in [0, 0.05) is 91.1 Å². The second kappa shape index (κ2) is 16.7. The van der Waals surface area contributed by atoms with E-state index < -0.39 is 0 Å². The molecule has 0 saturated heterocycles. The van der Waals surface area contributed by atoms with Crippen LogP contribution in [0.25, 0.3) is 0 Å². The molecule has 0 spiro atoms. The first kappa shape index (κ1) is 28.0. The molecule has 0 rings (SSSR count). The van der Waals surface area contributed by atoms with E-state index in [9.17, 15) is 0 Å². The normalized spacial score (nSPS) is 0. The van der Waals surface area contributed by atoms with Gasteiger partial charge in [-0.1, -0.05) is 0 Å². The number of hydrogen-bond donors (Lipinski definition) is 0. The van der Waals surface area contributed by atoms with Gasteiger partial charge in [-0.25, -0.2) is 0 Å². The van der Waals surface area contributed by atoms with Gasteiger partial charge in [0.25, 0.3) is 0 Å². The zero-order chi connectivity index (χ0) is 0. The molecule has 0 heterocycles. The smallest absolute Gasteiger partial charge is 0 e. The Morgan fingerprint density at radius 3 is 0.750 bits per heavy atom. The van der Waals surface area contributed by atoms with Crippen molar-refractivity contribution >= 4 is 74.0 Å². The van der Waals surface area contributed by atoms with Gasteiger partial charge in [-0.2, -0.15) is 0 Å². The monoisotopic (exact) mass is 512 g/mol. The molecule has 24 valence electrons. The van der Waals surface area contributed by atoms with Crippen LogP contribution in [0.3, 0.4) is 0 Å². The fraction of sp³-hybridized carbons (Fsp3) is 0. The minimum Gasteiger partial charge on any atom is 0 e. The Labute approximate surface area is 89.4 Å². The minimum absolute atomic E-state index is 0. The molecule has 0 aliphatic rings. The Kier molecular flexibility index (Phi) is 117. The molecule has 4 heavy (non-hydrogen) atoms. The van der Waals surface area contributed by atoms with Crippen molar-refractivity contribution in [1.82, 2.24) is 0 Å². The van der Waals surface area contributed by atoms with Crippen LogP contribution in [0.15, 0.2) is 0 Å². The molecular formula is BiCuSn2. The third kappa shape index (κ3) is 8.89. The molecule has 12 radical (unpaired) electrons. The second-order valence-electron chi connectivity index (χ2n) is 0. The zero-order valence-corrected chi connectivity index (χ0v) is 11.9. The van der Waals surface area contributed by atoms with Gasteiger partial charge >= 0.3 is 0 Å². The average molecular weight is 510 g/mol. The molecule has 0 unspecified atom stereocenters. The molecule has 0 aromatic carbocycles. The third-order valence-corrected chi connectivity index (χ3v) is 0. The van der Waals surface area contributed by atoms with Gasteiger partial charge in [0.15, 0.2) is 0 Å². The molecule has 0 amide bonds. The van der Waals surface area contributed by atoms with Crippen LogP contribution in [0, 0.1) is 0 Å². The van der Waals surface area contributed by atoms with Gasteiger partial charge in [-0.3, -0.25) is 0 Å². The first-order valence-corrected chi connectivity index (χ1v) is 0. The van der Waals surface area contributed by atoms with Crippen LogP contribution in [-0.2, 0) is 17.1 Å². The van der Waals surface area contributed by atoms with Crippen LogP contribution in [0.2, 0.25) is 0 Å². The van der Waals surface area contributed by atoms with E-state index in [4.69, 9.17) is 0 Å². The van der Waals surface area contributed by atoms with Crippen molar-refractivity contribution in [3.05, 3.63) is 0 Å². The predicted molar refractivity (Wildman–Crippen MR) is 17.3 cm³/mol. The summed E-state index contributed by atoms with van der Waals surface area (Å²) in [7, 11) is 0. The average Bonchev–Trinajstić information content (AvgIpc) is 0. The summed E-state index contributed by atoms with van der Waals surface area (Å²) >= 11 is 0. The molecule has 0 aromatic rings. The molecule has 0 fully saturated rings. The molecule has 0 nitrogen and oxygen atoms in total. The summed E-state index contributed by atoms with van der Waals surface area (Å²) in [6.07, 6.45) is 0. The Morgan fingerprint density at radius 2 is 0.750 bits per heavy atom. The van der Waals surface area contributed by atoms with Crippen molar-refractivity contribution in [1.29, 1.82) is 0 Å². The molecule has 0 atom stereocenters. The Balaban J connectivity index is 0. The van der Waals surface area contributed by atoms with Crippen molar-refractivity contribution in [2.24, 2.45) is 0 Å². The van der Waals surface area contributed by atoms with Gasteiger partial charge < -0.3 is 0 Å². The Hall–Kier alpha value is 3.00. The molecule has 0 saturated carbocycles. The first-order chi connectivity index (χ1) is 0. The Morgan fingerprint density at radius 1 is 0.750 bits per heavy atom. The van der Waals surface area contributed by atoms with Crippen molar-refractivity contribution in [3.63, 3.8) is 0 Å². The van der Waals surface area contributed by atoms with Crippen LogP contribution in [0.1, 0.15) is 0 Å². The van der Waals surface area contributed by atoms with Crippen LogP contribution in [-0.4, -0.2) is 74.0 Å². The largest absolute Gasteiger partial charge is 0 e. The maximum absolute atomic E-state index is 0. The summed E-state index contributed by atoms with van der Waals surface area (Å²) in [4.78, 5) is 0. The Bertz CT molecular complexity index is 6.00. The fourth-order valence-corrected chi connectivity index (χ4v) is 0. The summed E-state index contributed by atoms with van der Waals surface area (Å²) in [6.45, 7) is 0. The first-order valence-electron chi connectivity index (χ1n) is 0. The summed E-state index contributed by atoms with van der Waals surface area (Å²) in [5.41, 5.74) is 0. The van der Waals surface area contributed by atoms with Crippen LogP contribution in [0.5, 0.6) is 0 Å². The molecule has 4 heteroatoms. The fourth-order valence-electron chi connectivity index (χ4n) is 0. The van der Waals surface area contributed by atoms with E-state index in [0.717, 1.165) is 0 Å². The molecule has 0 bridgehead atoms. The summed E-state index contributed by atoms with van der Waals surface area (Å²) in [5, 5.41) is 0. The van der Waals surface area contributed by atoms with Gasteiger partial charge in [-0.15, -0.1) is 0 Å². The SMILES string of the molecule is [Bi].[Cu].[Sn].[Sn]. The van der Waals surface area contributed by atoms with E-state index >= 15 is 0 Å². The van der Waals surface area contributed by atoms with Gasteiger partial charge in [0.2, 0.25) is 0 Å². The topological polar surface area (TPSA) is 0 Å². The second-order valence-corrected chi connectivity index (χ2v) is 0. The van der Waals surface area contributed by atoms with Crippen LogP contribution >= 0.6 is 0 Å². The van der Waals surface area contributed by atoms with Crippen LogP contribution in [0.4, 0.5) is 0 Å². The summed E-state index contributed by atoms with van der Waals surface area (Å²) in [5.74, 6) is 0. The van der Waals surface area contributed by atoms with E-state index in [1.807, 2.05) is 0 Å². The van der Waals surface area contributed by atoms with Crippen LogP contribution < -0.4 is 0 Å². The number of hydrogen-bond acceptors (Lipinski definition) is 0. The van der Waals surface area contributed by atoms with E-state index in [1.165, 1.54) is 0 Å². The summed E-state index contributed by atoms with van der Waals surface area (Å²) < 4.78 is 0. The molecule has 0 aliphatic heterocycles. The van der Waals surface area contributed by atoms with Crippen molar-refractivity contribution in [2.45, 2.75) is 0 Å². The van der Waals surface area contributed by atoms with E-state index in [2.05, 4.69) is 0 Å². The molecular weight excluding hydrogens is 510 g/mol. The number of rotatable bonds is 0. The maximum Gasteiger partial charge on any atom is 0 e. The van der Waals surface area contributed by atoms with Crippen molar-refractivity contribution < 1.29 is 17.1 Å². The van der Waals surface area contributed by atoms with Gasteiger partial charge in [-0.05, 0) is 0 Å². The van der Waals surface area contributed by atoms with E-state index in [1.54, 1.807) is 0 Å². The van der Waals surface area contributed by atoms with Gasteiger partial charge in [0.05, 0.1) is 0 Å². The summed E-state index contributed by atoms with van der Waals surface area (Å²) in [6, 6.07) is 0. The van der Waals surface area contributed by atoms with Crippen molar-refractivity contribution in [2.75, 3.05) is 0 Å². The molecule has 0 aliphatic carbocycles. The van der Waals surface area contributed by atoms with Crippen molar-refractivity contribution in [3.8, 4) is 0 Å². The molecule has 0 aromatic heterocycles. The quantitative estimate of drug-likeness (QED) is 0.362. The third-order valence-electron chi connectivity index (χ3n) is 0. The van der Waals surface area contributed by atoms with E-state index in [-0.39, 0.29) is 91.1 Å². The maximum atomic E-state index is 0. The minimum atomic E-state index is 0. The van der Waals surface area contributed by atoms with Gasteiger partial charge in [0.1, 0.15) is 0 Å². The van der Waals surface area contributed by atoms with E-state index in [0.29, 0.717) is 0 Å². The standard InChI is InChI=1S/Bi.Cu.2Sn. The zero-order valence-electron chi connectivity index (χ0n) is 1.75. The predicted octanol–water partition coefficient (Wildman–Crippen LogP) is -1.14.